The quantitative estimate of drug-likeness (QED) is 0.0965. The number of rotatable bonds is 16. The number of fused-ring (bicyclic) bond motifs is 12. The van der Waals surface area contributed by atoms with E-state index >= 15 is 0 Å². The van der Waals surface area contributed by atoms with E-state index in [1.165, 1.54) is 89.0 Å². The van der Waals surface area contributed by atoms with Gasteiger partial charge in [0.2, 0.25) is 0 Å². The van der Waals surface area contributed by atoms with E-state index in [2.05, 4.69) is 483 Å². The van der Waals surface area contributed by atoms with Crippen LogP contribution in [0.3, 0.4) is 0 Å². The highest BCUT2D eigenvalue weighted by atomic mass is 16.3. The Bertz CT molecular complexity index is 7730. The van der Waals surface area contributed by atoms with E-state index in [1.54, 1.807) is 0 Å². The summed E-state index contributed by atoms with van der Waals surface area (Å²) in [7, 11) is 0. The molecule has 20 aromatic carbocycles. The largest absolute Gasteiger partial charge is 0.456 e. The smallest absolute Gasteiger partial charge is 0.136 e. The second-order valence-corrected chi connectivity index (χ2v) is 32.7. The molecule has 0 fully saturated rings. The summed E-state index contributed by atoms with van der Waals surface area (Å²) in [5.74, 6) is 0. The minimum absolute atomic E-state index is 0.537. The van der Waals surface area contributed by atoms with E-state index in [1.807, 2.05) is 24.3 Å². The van der Waals surface area contributed by atoms with Crippen LogP contribution in [0.4, 0.5) is 34.1 Å². The number of para-hydroxylation sites is 5. The van der Waals surface area contributed by atoms with Crippen LogP contribution in [-0.4, -0.2) is 0 Å². The Hall–Kier alpha value is -16.4. The Labute approximate surface area is 733 Å². The van der Waals surface area contributed by atoms with Crippen molar-refractivity contribution in [2.45, 2.75) is 10.8 Å². The second kappa shape index (κ2) is 31.6. The van der Waals surface area contributed by atoms with E-state index < -0.39 is 10.8 Å². The zero-order valence-corrected chi connectivity index (χ0v) is 69.1. The van der Waals surface area contributed by atoms with Crippen LogP contribution in [0.1, 0.15) is 44.5 Å². The lowest BCUT2D eigenvalue weighted by Crippen LogP contribution is -2.28. The van der Waals surface area contributed by atoms with Crippen molar-refractivity contribution in [1.82, 2.24) is 0 Å². The SMILES string of the molecule is c1ccc(-c2ccc(-c3cccc(N(c4ccccc4-c4ccc5c(c4)oc4ccccc45)c4cccc5c4-c4ccccc4C5(c4ccccc4)c4ccccc4)c3)cc2)cc1.c1ccc(-c2ccc(-c3ccccc3N(c3ccccc3-c3ccc4c(c3)oc3ccccc34)c3cccc4c3-c3ccccc3C4(c3ccccc3)c3ccccc3)cc2)cc1. The summed E-state index contributed by atoms with van der Waals surface area (Å²) in [5.41, 5.74) is 37.7. The van der Waals surface area contributed by atoms with Crippen LogP contribution >= 0.6 is 0 Å². The second-order valence-electron chi connectivity index (χ2n) is 32.7. The average molecular weight is 1610 g/mol. The lowest BCUT2D eigenvalue weighted by atomic mass is 9.68. The fraction of sp³-hybridized carbons (Fsp3) is 0.0164. The van der Waals surface area contributed by atoms with Gasteiger partial charge >= 0.3 is 0 Å². The van der Waals surface area contributed by atoms with Crippen molar-refractivity contribution in [2.24, 2.45) is 0 Å². The maximum atomic E-state index is 6.50. The third kappa shape index (κ3) is 12.5. The monoisotopic (exact) mass is 1610 g/mol. The van der Waals surface area contributed by atoms with Gasteiger partial charge in [-0.3, -0.25) is 0 Å². The Morgan fingerprint density at radius 1 is 0.159 bits per heavy atom. The number of nitrogens with zero attached hydrogens (tertiary/aromatic N) is 2. The highest BCUT2D eigenvalue weighted by molar-refractivity contribution is 6.10. The highest BCUT2D eigenvalue weighted by Crippen LogP contribution is 2.63. The van der Waals surface area contributed by atoms with Crippen molar-refractivity contribution in [2.75, 3.05) is 9.80 Å². The summed E-state index contributed by atoms with van der Waals surface area (Å²) in [5, 5.41) is 4.48. The van der Waals surface area contributed by atoms with E-state index in [9.17, 15) is 0 Å². The maximum absolute atomic E-state index is 6.50. The Kier molecular flexibility index (Phi) is 18.7. The van der Waals surface area contributed by atoms with Gasteiger partial charge in [0.1, 0.15) is 22.3 Å². The van der Waals surface area contributed by atoms with Crippen molar-refractivity contribution >= 4 is 78.0 Å². The predicted molar refractivity (Wildman–Crippen MR) is 524 cm³/mol. The van der Waals surface area contributed by atoms with Crippen molar-refractivity contribution < 1.29 is 8.83 Å². The van der Waals surface area contributed by atoms with Gasteiger partial charge in [0.25, 0.3) is 0 Å². The van der Waals surface area contributed by atoms with Crippen molar-refractivity contribution in [3.63, 3.8) is 0 Å². The molecule has 0 atom stereocenters. The molecule has 22 aromatic rings. The standard InChI is InChI=1S/2C61H41NO/c1-4-19-42(20-5-1)43-35-37-44(38-36-43)48-25-11-15-31-55(48)62(56-32-16-12-26-49(56)45-39-40-51-50-27-13-17-34-58(50)63-59(51)41-45)57-33-18-30-54-60(57)52-28-10-14-29-53(52)61(54,46-21-6-2-7-22-46)47-23-8-3-9-24-47;1-4-18-42(19-5-1)43-34-36-44(37-35-43)45-20-16-25-49(40-45)62(56-31-14-11-26-50(56)46-38-39-52-51-27-12-15-33-58(51)63-59(52)41-46)57-32-17-30-55-60(57)53-28-10-13-29-54(53)61(55,47-21-6-2-7-22-47)48-23-8-3-9-24-48/h2*1-41H. The van der Waals surface area contributed by atoms with Crippen LogP contribution < -0.4 is 9.80 Å². The normalized spacial score (nSPS) is 12.6. The molecule has 0 saturated carbocycles. The van der Waals surface area contributed by atoms with Gasteiger partial charge in [0, 0.05) is 55.0 Å². The Morgan fingerprint density at radius 3 is 0.865 bits per heavy atom. The van der Waals surface area contributed by atoms with E-state index in [-0.39, 0.29) is 0 Å². The summed E-state index contributed by atoms with van der Waals surface area (Å²) in [6.45, 7) is 0. The molecule has 0 amide bonds. The molecule has 0 unspecified atom stereocenters. The zero-order chi connectivity index (χ0) is 83.5. The van der Waals surface area contributed by atoms with Crippen LogP contribution in [0.2, 0.25) is 0 Å². The third-order valence-electron chi connectivity index (χ3n) is 25.9. The van der Waals surface area contributed by atoms with Crippen LogP contribution in [0, 0.1) is 0 Å². The van der Waals surface area contributed by atoms with Gasteiger partial charge in [-0.2, -0.15) is 0 Å². The first-order valence-corrected chi connectivity index (χ1v) is 43.3. The molecule has 2 heterocycles. The van der Waals surface area contributed by atoms with E-state index in [4.69, 9.17) is 8.83 Å². The van der Waals surface area contributed by atoms with Crippen LogP contribution in [0.5, 0.6) is 0 Å². The minimum atomic E-state index is -0.547. The molecule has 592 valence electrons. The molecular formula is C122H82N2O2. The van der Waals surface area contributed by atoms with Crippen LogP contribution in [-0.2, 0) is 10.8 Å². The summed E-state index contributed by atoms with van der Waals surface area (Å²) in [4.78, 5) is 5.00. The molecule has 126 heavy (non-hydrogen) atoms. The molecule has 2 aliphatic rings. The first-order valence-electron chi connectivity index (χ1n) is 43.3. The number of furan rings is 2. The molecule has 0 saturated heterocycles. The summed E-state index contributed by atoms with van der Waals surface area (Å²) in [6, 6.07) is 181. The van der Waals surface area contributed by atoms with Crippen LogP contribution in [0.25, 0.3) is 133 Å². The first kappa shape index (κ1) is 74.6. The predicted octanol–water partition coefficient (Wildman–Crippen LogP) is 32.8. The summed E-state index contributed by atoms with van der Waals surface area (Å²) < 4.78 is 13.0. The van der Waals surface area contributed by atoms with Crippen LogP contribution in [0.15, 0.2) is 506 Å². The molecule has 0 N–H and O–H groups in total. The average Bonchev–Trinajstić information content (AvgIpc) is 1.53. The molecule has 2 aliphatic carbocycles. The van der Waals surface area contributed by atoms with Gasteiger partial charge in [-0.15, -0.1) is 0 Å². The number of hydrogen-bond acceptors (Lipinski definition) is 4. The fourth-order valence-corrected chi connectivity index (χ4v) is 20.4. The highest BCUT2D eigenvalue weighted by Gasteiger charge is 2.49. The van der Waals surface area contributed by atoms with Gasteiger partial charge in [0.05, 0.1) is 39.3 Å². The molecule has 24 rings (SSSR count). The van der Waals surface area contributed by atoms with Gasteiger partial charge < -0.3 is 18.6 Å². The molecule has 0 aliphatic heterocycles. The molecule has 4 heteroatoms. The molecule has 0 spiro atoms. The van der Waals surface area contributed by atoms with Gasteiger partial charge in [-0.25, -0.2) is 0 Å². The van der Waals surface area contributed by atoms with Gasteiger partial charge in [0.15, 0.2) is 0 Å². The first-order chi connectivity index (χ1) is 62.5. The van der Waals surface area contributed by atoms with Gasteiger partial charge in [-0.05, 0) is 185 Å². The number of anilines is 6. The Balaban J connectivity index is 0.000000145. The third-order valence-corrected chi connectivity index (χ3v) is 25.9. The van der Waals surface area contributed by atoms with Crippen molar-refractivity contribution in [3.8, 4) is 89.0 Å². The topological polar surface area (TPSA) is 32.8 Å². The maximum Gasteiger partial charge on any atom is 0.136 e. The molecule has 4 nitrogen and oxygen atoms in total. The zero-order valence-electron chi connectivity index (χ0n) is 69.1. The number of benzene rings is 20. The molecule has 0 bridgehead atoms. The lowest BCUT2D eigenvalue weighted by molar-refractivity contribution is 0.668. The molecule has 0 radical (unpaired) electrons. The molecular weight excluding hydrogens is 1530 g/mol. The minimum Gasteiger partial charge on any atom is -0.456 e. The lowest BCUT2D eigenvalue weighted by Gasteiger charge is -2.35. The van der Waals surface area contributed by atoms with E-state index in [0.29, 0.717) is 0 Å². The summed E-state index contributed by atoms with van der Waals surface area (Å²) >= 11 is 0. The molecule has 2 aromatic heterocycles. The number of hydrogen-bond donors (Lipinski definition) is 0. The fourth-order valence-electron chi connectivity index (χ4n) is 20.4. The van der Waals surface area contributed by atoms with Gasteiger partial charge in [-0.1, -0.05) is 419 Å². The van der Waals surface area contributed by atoms with Crippen molar-refractivity contribution in [3.05, 3.63) is 542 Å². The van der Waals surface area contributed by atoms with Crippen molar-refractivity contribution in [1.29, 1.82) is 0 Å². The van der Waals surface area contributed by atoms with E-state index in [0.717, 1.165) is 123 Å². The Morgan fingerprint density at radius 2 is 0.437 bits per heavy atom. The summed E-state index contributed by atoms with van der Waals surface area (Å²) in [6.07, 6.45) is 0.